The summed E-state index contributed by atoms with van der Waals surface area (Å²) in [6.07, 6.45) is 0. The fourth-order valence-corrected chi connectivity index (χ4v) is 14.6. The molecule has 0 aliphatic carbocycles. The summed E-state index contributed by atoms with van der Waals surface area (Å²) in [5.74, 6) is 0. The van der Waals surface area contributed by atoms with Gasteiger partial charge in [-0.25, -0.2) is 0 Å². The summed E-state index contributed by atoms with van der Waals surface area (Å²) in [7, 11) is 8.84. The Morgan fingerprint density at radius 3 is 1.15 bits per heavy atom. The van der Waals surface area contributed by atoms with E-state index in [0.29, 0.717) is 48.0 Å². The Morgan fingerprint density at radius 1 is 0.577 bits per heavy atom. The molecule has 142 valence electrons. The van der Waals surface area contributed by atoms with Gasteiger partial charge >= 0.3 is 172 Å². The van der Waals surface area contributed by atoms with Crippen molar-refractivity contribution in [1.82, 2.24) is 9.80 Å². The van der Waals surface area contributed by atoms with E-state index in [2.05, 4.69) is 113 Å². The van der Waals surface area contributed by atoms with Gasteiger partial charge in [0.25, 0.3) is 0 Å². The number of likely N-dealkylation sites (N-methyl/N-ethyl adjacent to an activating group) is 2. The van der Waals surface area contributed by atoms with E-state index in [1.165, 1.54) is 11.1 Å². The van der Waals surface area contributed by atoms with Crippen molar-refractivity contribution >= 4 is 26.3 Å². The number of nitrogens with zero attached hydrogens (tertiary/aromatic N) is 2. The van der Waals surface area contributed by atoms with Crippen LogP contribution in [-0.4, -0.2) is 76.3 Å². The molecule has 26 heavy (non-hydrogen) atoms. The summed E-state index contributed by atoms with van der Waals surface area (Å²) in [4.78, 5) is 6.03. The van der Waals surface area contributed by atoms with E-state index in [0.717, 1.165) is 0 Å². The molecule has 0 radical (unpaired) electrons. The van der Waals surface area contributed by atoms with Crippen molar-refractivity contribution in [1.29, 1.82) is 0 Å². The van der Waals surface area contributed by atoms with Gasteiger partial charge in [0.05, 0.1) is 0 Å². The van der Waals surface area contributed by atoms with Gasteiger partial charge < -0.3 is 0 Å². The van der Waals surface area contributed by atoms with Gasteiger partial charge in [0.2, 0.25) is 0 Å². The van der Waals surface area contributed by atoms with E-state index < -0.39 is 0 Å². The zero-order valence-electron chi connectivity index (χ0n) is 16.8. The van der Waals surface area contributed by atoms with Gasteiger partial charge in [0.15, 0.2) is 0 Å². The van der Waals surface area contributed by atoms with Crippen molar-refractivity contribution in [2.24, 2.45) is 0 Å². The van der Waals surface area contributed by atoms with Gasteiger partial charge in [0, 0.05) is 0 Å². The van der Waals surface area contributed by atoms with Crippen molar-refractivity contribution < 1.29 is 0 Å². The van der Waals surface area contributed by atoms with Crippen LogP contribution in [0.4, 0.5) is 0 Å². The molecule has 0 aliphatic rings. The Morgan fingerprint density at radius 2 is 0.885 bits per heavy atom. The predicted octanol–water partition coefficient (Wildman–Crippen LogP) is 3.69. The van der Waals surface area contributed by atoms with Gasteiger partial charge in [-0.05, 0) is 0 Å². The molecule has 2 rings (SSSR count). The van der Waals surface area contributed by atoms with E-state index in [4.69, 9.17) is 0 Å². The summed E-state index contributed by atoms with van der Waals surface area (Å²) in [5.41, 5.74) is 3.00. The fourth-order valence-electron chi connectivity index (χ4n) is 2.78. The van der Waals surface area contributed by atoms with E-state index >= 15 is 0 Å². The van der Waals surface area contributed by atoms with E-state index in [-0.39, 0.29) is 0 Å². The molecule has 0 unspecified atom stereocenters. The maximum atomic E-state index is 2.38. The Labute approximate surface area is 171 Å². The summed E-state index contributed by atoms with van der Waals surface area (Å²) in [5, 5.41) is 0. The van der Waals surface area contributed by atoms with Crippen molar-refractivity contribution in [3.05, 3.63) is 71.8 Å². The third-order valence-corrected chi connectivity index (χ3v) is 14.7. The van der Waals surface area contributed by atoms with Crippen LogP contribution in [0.5, 0.6) is 0 Å². The second-order valence-electron chi connectivity index (χ2n) is 7.26. The maximum absolute atomic E-state index is 2.38. The van der Waals surface area contributed by atoms with E-state index in [1.807, 2.05) is 0 Å². The van der Waals surface area contributed by atoms with Gasteiger partial charge in [-0.3, -0.25) is 0 Å². The first-order chi connectivity index (χ1) is 12.4. The van der Waals surface area contributed by atoms with Crippen LogP contribution in [0, 0.1) is 0 Å². The van der Waals surface area contributed by atoms with Crippen molar-refractivity contribution in [2.75, 3.05) is 28.2 Å². The molecular formula is C22H32N2Se2. The zero-order chi connectivity index (χ0) is 19.1. The van der Waals surface area contributed by atoms with Crippen LogP contribution in [0.25, 0.3) is 0 Å². The quantitative estimate of drug-likeness (QED) is 0.504. The third kappa shape index (κ3) is 5.96. The van der Waals surface area contributed by atoms with E-state index in [1.54, 1.807) is 0 Å². The molecule has 4 atom stereocenters. The first-order valence-electron chi connectivity index (χ1n) is 9.16. The van der Waals surface area contributed by atoms with Gasteiger partial charge in [-0.15, -0.1) is 0 Å². The number of benzene rings is 2. The number of hydrogen-bond acceptors (Lipinski definition) is 2. The van der Waals surface area contributed by atoms with Gasteiger partial charge in [-0.1, -0.05) is 0 Å². The summed E-state index contributed by atoms with van der Waals surface area (Å²) in [6, 6.07) is 23.4. The molecule has 0 spiro atoms. The van der Waals surface area contributed by atoms with Crippen LogP contribution < -0.4 is 0 Å². The molecule has 4 heteroatoms. The van der Waals surface area contributed by atoms with Crippen LogP contribution >= 0.6 is 0 Å². The molecule has 0 fully saturated rings. The summed E-state index contributed by atoms with van der Waals surface area (Å²) in [6.45, 7) is 4.75. The standard InChI is InChI=1S/C22H32N2Se2/c1-17(23(3)4)21(19-13-9-7-10-14-19)25-26-22(18(2)24(5)6)20-15-11-8-12-16-20/h7-18,21-22H,1-6H3/t17-,18-,21+,22+/m0/s1. The molecule has 0 bridgehead atoms. The Hall–Kier alpha value is -0.601. The van der Waals surface area contributed by atoms with E-state index in [9.17, 15) is 0 Å². The average Bonchev–Trinajstić information content (AvgIpc) is 2.65. The third-order valence-electron chi connectivity index (χ3n) is 5.02. The van der Waals surface area contributed by atoms with Crippen molar-refractivity contribution in [2.45, 2.75) is 35.6 Å². The van der Waals surface area contributed by atoms with Crippen LogP contribution in [0.15, 0.2) is 60.7 Å². The molecule has 0 saturated carbocycles. The number of rotatable bonds is 9. The summed E-state index contributed by atoms with van der Waals surface area (Å²) >= 11 is 1.17. The molecule has 2 aromatic rings. The fraction of sp³-hybridized carbons (Fsp3) is 0.455. The molecule has 0 amide bonds. The van der Waals surface area contributed by atoms with Gasteiger partial charge in [-0.2, -0.15) is 0 Å². The average molecular weight is 482 g/mol. The first kappa shape index (κ1) is 21.7. The zero-order valence-corrected chi connectivity index (χ0v) is 20.2. The first-order valence-corrected chi connectivity index (χ1v) is 15.5. The Kier molecular flexibility index (Phi) is 8.90. The predicted molar refractivity (Wildman–Crippen MR) is 116 cm³/mol. The molecule has 0 aromatic heterocycles. The summed E-state index contributed by atoms with van der Waals surface area (Å²) < 4.78 is 0. The normalized spacial score (nSPS) is 16.5. The monoisotopic (exact) mass is 484 g/mol. The topological polar surface area (TPSA) is 6.48 Å². The number of hydrogen-bond donors (Lipinski definition) is 0. The Balaban J connectivity index is 2.22. The Bertz CT molecular complexity index is 574. The molecule has 0 N–H and O–H groups in total. The second kappa shape index (κ2) is 10.7. The molecule has 2 aromatic carbocycles. The van der Waals surface area contributed by atoms with Crippen molar-refractivity contribution in [3.63, 3.8) is 0 Å². The minimum absolute atomic E-state index is 0.561. The molecule has 2 nitrogen and oxygen atoms in total. The van der Waals surface area contributed by atoms with Crippen LogP contribution in [0.2, 0.25) is 0 Å². The molecule has 0 aliphatic heterocycles. The second-order valence-corrected chi connectivity index (χ2v) is 14.4. The van der Waals surface area contributed by atoms with Crippen LogP contribution in [0.3, 0.4) is 0 Å². The van der Waals surface area contributed by atoms with Crippen LogP contribution in [0.1, 0.15) is 34.6 Å². The minimum atomic E-state index is 0.561. The SMILES string of the molecule is C[C@@H]([C@@H]([Se][Se][C@@H](c1ccccc1)[C@H](C)N(C)C)c1ccccc1)N(C)C. The van der Waals surface area contributed by atoms with Gasteiger partial charge in [0.1, 0.15) is 0 Å². The van der Waals surface area contributed by atoms with Crippen LogP contribution in [-0.2, 0) is 0 Å². The molecule has 0 heterocycles. The molecule has 0 saturated heterocycles. The molecular weight excluding hydrogens is 450 g/mol. The van der Waals surface area contributed by atoms with Crippen molar-refractivity contribution in [3.8, 4) is 0 Å².